The van der Waals surface area contributed by atoms with Gasteiger partial charge in [0.1, 0.15) is 6.54 Å². The first-order valence-electron chi connectivity index (χ1n) is 8.65. The van der Waals surface area contributed by atoms with Crippen molar-refractivity contribution in [1.29, 1.82) is 0 Å². The van der Waals surface area contributed by atoms with Gasteiger partial charge in [-0.2, -0.15) is 0 Å². The lowest BCUT2D eigenvalue weighted by atomic mass is 9.94. The highest BCUT2D eigenvalue weighted by Gasteiger charge is 2.35. The van der Waals surface area contributed by atoms with Crippen LogP contribution in [0.4, 0.5) is 10.5 Å². The average Bonchev–Trinajstić information content (AvgIpc) is 2.64. The number of amides is 3. The predicted molar refractivity (Wildman–Crippen MR) is 98.4 cm³/mol. The zero-order valence-corrected chi connectivity index (χ0v) is 14.6. The second kappa shape index (κ2) is 7.38. The third-order valence-electron chi connectivity index (χ3n) is 4.61. The molecule has 1 atom stereocenters. The number of carbonyl (C=O) groups excluding carboxylic acids is 2. The van der Waals surface area contributed by atoms with Crippen molar-refractivity contribution < 1.29 is 9.59 Å². The SMILES string of the molecule is CCN(CC)C(=O)CN1C(=O)Nc2ccccc2C1c1ccccc1. The van der Waals surface area contributed by atoms with Crippen LogP contribution >= 0.6 is 0 Å². The molecule has 3 rings (SSSR count). The molecule has 1 N–H and O–H groups in total. The molecule has 2 aromatic rings. The first kappa shape index (κ1) is 17.0. The Labute approximate surface area is 148 Å². The molecule has 130 valence electrons. The molecule has 5 heteroatoms. The van der Waals surface area contributed by atoms with Gasteiger partial charge >= 0.3 is 6.03 Å². The molecule has 0 saturated heterocycles. The zero-order chi connectivity index (χ0) is 17.8. The number of hydrogen-bond acceptors (Lipinski definition) is 2. The molecule has 0 saturated carbocycles. The van der Waals surface area contributed by atoms with Crippen molar-refractivity contribution in [2.24, 2.45) is 0 Å². The second-order valence-electron chi connectivity index (χ2n) is 6.02. The van der Waals surface area contributed by atoms with Crippen LogP contribution in [0.5, 0.6) is 0 Å². The molecule has 0 spiro atoms. The Morgan fingerprint density at radius 2 is 1.68 bits per heavy atom. The lowest BCUT2D eigenvalue weighted by molar-refractivity contribution is -0.131. The third kappa shape index (κ3) is 3.36. The molecule has 0 aromatic heterocycles. The van der Waals surface area contributed by atoms with Gasteiger partial charge in [-0.3, -0.25) is 4.79 Å². The normalized spacial score (nSPS) is 16.2. The van der Waals surface area contributed by atoms with Crippen molar-refractivity contribution >= 4 is 17.6 Å². The standard InChI is InChI=1S/C20H23N3O2/c1-3-22(4-2)18(24)14-23-19(15-10-6-5-7-11-15)16-12-8-9-13-17(16)21-20(23)25/h5-13,19H,3-4,14H2,1-2H3,(H,21,25). The summed E-state index contributed by atoms with van der Waals surface area (Å²) < 4.78 is 0. The Bertz CT molecular complexity index is 757. The molecular formula is C20H23N3O2. The first-order chi connectivity index (χ1) is 12.2. The summed E-state index contributed by atoms with van der Waals surface area (Å²) in [4.78, 5) is 28.7. The van der Waals surface area contributed by atoms with E-state index in [0.717, 1.165) is 16.8 Å². The highest BCUT2D eigenvalue weighted by atomic mass is 16.2. The van der Waals surface area contributed by atoms with Crippen LogP contribution in [0.25, 0.3) is 0 Å². The minimum atomic E-state index is -0.273. The summed E-state index contributed by atoms with van der Waals surface area (Å²) in [7, 11) is 0. The molecule has 0 fully saturated rings. The maximum atomic E-state index is 12.7. The Hall–Kier alpha value is -2.82. The van der Waals surface area contributed by atoms with Gasteiger partial charge in [-0.05, 0) is 25.5 Å². The predicted octanol–water partition coefficient (Wildman–Crippen LogP) is 3.49. The van der Waals surface area contributed by atoms with Gasteiger partial charge in [-0.25, -0.2) is 4.79 Å². The first-order valence-corrected chi connectivity index (χ1v) is 8.65. The van der Waals surface area contributed by atoms with Gasteiger partial charge < -0.3 is 15.1 Å². The van der Waals surface area contributed by atoms with Crippen LogP contribution in [0, 0.1) is 0 Å². The van der Waals surface area contributed by atoms with Crippen LogP contribution in [0.3, 0.4) is 0 Å². The van der Waals surface area contributed by atoms with Crippen molar-refractivity contribution in [1.82, 2.24) is 9.80 Å². The lowest BCUT2D eigenvalue weighted by Crippen LogP contribution is -2.48. The van der Waals surface area contributed by atoms with Crippen molar-refractivity contribution in [2.75, 3.05) is 25.0 Å². The molecule has 1 unspecified atom stereocenters. The molecule has 0 aliphatic carbocycles. The molecule has 3 amide bonds. The Kier molecular flexibility index (Phi) is 5.03. The summed E-state index contributed by atoms with van der Waals surface area (Å²) >= 11 is 0. The van der Waals surface area contributed by atoms with Crippen molar-refractivity contribution in [2.45, 2.75) is 19.9 Å². The van der Waals surface area contributed by atoms with E-state index in [9.17, 15) is 9.59 Å². The van der Waals surface area contributed by atoms with E-state index in [0.29, 0.717) is 13.1 Å². The fraction of sp³-hybridized carbons (Fsp3) is 0.300. The summed E-state index contributed by atoms with van der Waals surface area (Å²) in [5.41, 5.74) is 2.80. The Morgan fingerprint density at radius 3 is 2.36 bits per heavy atom. The number of fused-ring (bicyclic) bond motifs is 1. The molecule has 2 aromatic carbocycles. The van der Waals surface area contributed by atoms with Crippen LogP contribution in [-0.4, -0.2) is 41.4 Å². The minimum absolute atomic E-state index is 0.0412. The van der Waals surface area contributed by atoms with Gasteiger partial charge in [0.25, 0.3) is 0 Å². The summed E-state index contributed by atoms with van der Waals surface area (Å²) in [6, 6.07) is 17.1. The number of anilines is 1. The summed E-state index contributed by atoms with van der Waals surface area (Å²) in [5, 5.41) is 2.91. The topological polar surface area (TPSA) is 52.7 Å². The highest BCUT2D eigenvalue weighted by Crippen LogP contribution is 2.37. The maximum Gasteiger partial charge on any atom is 0.323 e. The molecule has 1 aliphatic heterocycles. The number of urea groups is 1. The van der Waals surface area contributed by atoms with Gasteiger partial charge in [0.2, 0.25) is 5.91 Å². The van der Waals surface area contributed by atoms with E-state index in [4.69, 9.17) is 0 Å². The van der Waals surface area contributed by atoms with E-state index >= 15 is 0 Å². The average molecular weight is 337 g/mol. The quantitative estimate of drug-likeness (QED) is 0.908. The van der Waals surface area contributed by atoms with E-state index < -0.39 is 0 Å². The van der Waals surface area contributed by atoms with E-state index in [1.807, 2.05) is 68.4 Å². The van der Waals surface area contributed by atoms with E-state index in [1.54, 1.807) is 9.80 Å². The summed E-state index contributed by atoms with van der Waals surface area (Å²) in [6.45, 7) is 5.22. The van der Waals surface area contributed by atoms with E-state index in [2.05, 4.69) is 5.32 Å². The highest BCUT2D eigenvalue weighted by molar-refractivity contribution is 5.96. The van der Waals surface area contributed by atoms with Crippen molar-refractivity contribution in [3.63, 3.8) is 0 Å². The molecule has 1 aliphatic rings. The monoisotopic (exact) mass is 337 g/mol. The van der Waals surface area contributed by atoms with Crippen LogP contribution < -0.4 is 5.32 Å². The van der Waals surface area contributed by atoms with Gasteiger partial charge in [0.05, 0.1) is 6.04 Å². The van der Waals surface area contributed by atoms with Gasteiger partial charge in [0, 0.05) is 24.3 Å². The number of nitrogens with one attached hydrogen (secondary N) is 1. The zero-order valence-electron chi connectivity index (χ0n) is 14.6. The van der Waals surface area contributed by atoms with Crippen molar-refractivity contribution in [3.8, 4) is 0 Å². The minimum Gasteiger partial charge on any atom is -0.342 e. The molecular weight excluding hydrogens is 314 g/mol. The molecule has 1 heterocycles. The van der Waals surface area contributed by atoms with Crippen LogP contribution in [0.1, 0.15) is 31.0 Å². The van der Waals surface area contributed by atoms with Gasteiger partial charge in [0.15, 0.2) is 0 Å². The van der Waals surface area contributed by atoms with Crippen LogP contribution in [-0.2, 0) is 4.79 Å². The third-order valence-corrected chi connectivity index (χ3v) is 4.61. The Morgan fingerprint density at radius 1 is 1.04 bits per heavy atom. The van der Waals surface area contributed by atoms with E-state index in [1.165, 1.54) is 0 Å². The number of rotatable bonds is 5. The van der Waals surface area contributed by atoms with Crippen LogP contribution in [0.2, 0.25) is 0 Å². The van der Waals surface area contributed by atoms with Crippen molar-refractivity contribution in [3.05, 3.63) is 65.7 Å². The number of likely N-dealkylation sites (N-methyl/N-ethyl adjacent to an activating group) is 1. The number of nitrogens with zero attached hydrogens (tertiary/aromatic N) is 2. The lowest BCUT2D eigenvalue weighted by Gasteiger charge is -2.38. The number of para-hydroxylation sites is 1. The largest absolute Gasteiger partial charge is 0.342 e. The van der Waals surface area contributed by atoms with Crippen LogP contribution in [0.15, 0.2) is 54.6 Å². The number of carbonyl (C=O) groups is 2. The molecule has 0 bridgehead atoms. The number of benzene rings is 2. The van der Waals surface area contributed by atoms with Gasteiger partial charge in [-0.15, -0.1) is 0 Å². The molecule has 0 radical (unpaired) electrons. The van der Waals surface area contributed by atoms with E-state index in [-0.39, 0.29) is 24.5 Å². The van der Waals surface area contributed by atoms with Gasteiger partial charge in [-0.1, -0.05) is 48.5 Å². The number of hydrogen-bond donors (Lipinski definition) is 1. The summed E-state index contributed by atoms with van der Waals surface area (Å²) in [5.74, 6) is -0.0412. The smallest absolute Gasteiger partial charge is 0.323 e. The fourth-order valence-corrected chi connectivity index (χ4v) is 3.30. The molecule has 5 nitrogen and oxygen atoms in total. The fourth-order valence-electron chi connectivity index (χ4n) is 3.30. The second-order valence-corrected chi connectivity index (χ2v) is 6.02. The summed E-state index contributed by atoms with van der Waals surface area (Å²) in [6.07, 6.45) is 0. The molecule has 25 heavy (non-hydrogen) atoms. The Balaban J connectivity index is 2.00. The maximum absolute atomic E-state index is 12.7.